The van der Waals surface area contributed by atoms with Gasteiger partial charge in [0.1, 0.15) is 0 Å². The van der Waals surface area contributed by atoms with Gasteiger partial charge in [-0.1, -0.05) is 6.42 Å². The molecule has 1 saturated heterocycles. The number of nitrogens with one attached hydrogen (secondary N) is 2. The molecule has 3 heteroatoms. The van der Waals surface area contributed by atoms with Crippen LogP contribution in [-0.4, -0.2) is 50.2 Å². The smallest absolute Gasteiger partial charge is 0.0186 e. The topological polar surface area (TPSA) is 27.3 Å². The van der Waals surface area contributed by atoms with E-state index in [1.807, 2.05) is 0 Å². The Morgan fingerprint density at radius 2 is 2.06 bits per heavy atom. The van der Waals surface area contributed by atoms with Gasteiger partial charge in [-0.25, -0.2) is 0 Å². The molecule has 0 aromatic carbocycles. The number of nitrogens with zero attached hydrogens (tertiary/aromatic N) is 1. The lowest BCUT2D eigenvalue weighted by Gasteiger charge is -2.28. The van der Waals surface area contributed by atoms with Gasteiger partial charge in [0, 0.05) is 24.7 Å². The van der Waals surface area contributed by atoms with Gasteiger partial charge in [-0.3, -0.25) is 0 Å². The number of rotatable bonds is 6. The van der Waals surface area contributed by atoms with Crippen LogP contribution >= 0.6 is 0 Å². The second kappa shape index (κ2) is 7.25. The minimum absolute atomic E-state index is 0.613. The van der Waals surface area contributed by atoms with Crippen molar-refractivity contribution in [3.05, 3.63) is 0 Å². The van der Waals surface area contributed by atoms with Crippen LogP contribution in [0.1, 0.15) is 39.5 Å². The molecule has 2 N–H and O–H groups in total. The lowest BCUT2D eigenvalue weighted by Crippen LogP contribution is -2.43. The first kappa shape index (κ1) is 13.9. The molecule has 1 rings (SSSR count). The maximum atomic E-state index is 3.63. The van der Waals surface area contributed by atoms with Crippen molar-refractivity contribution in [2.75, 3.05) is 27.2 Å². The quantitative estimate of drug-likeness (QED) is 0.719. The Bertz CT molecular complexity index is 176. The first-order valence-electron chi connectivity index (χ1n) is 6.72. The van der Waals surface area contributed by atoms with Crippen molar-refractivity contribution in [1.82, 2.24) is 15.5 Å². The van der Waals surface area contributed by atoms with Crippen molar-refractivity contribution in [2.24, 2.45) is 0 Å². The van der Waals surface area contributed by atoms with Crippen LogP contribution in [0.4, 0.5) is 0 Å². The van der Waals surface area contributed by atoms with Crippen LogP contribution in [0.5, 0.6) is 0 Å². The third-order valence-corrected chi connectivity index (χ3v) is 3.69. The van der Waals surface area contributed by atoms with E-state index >= 15 is 0 Å². The average molecular weight is 227 g/mol. The highest BCUT2D eigenvalue weighted by atomic mass is 15.1. The van der Waals surface area contributed by atoms with Gasteiger partial charge in [0.2, 0.25) is 0 Å². The molecule has 0 aromatic rings. The number of piperidine rings is 1. The summed E-state index contributed by atoms with van der Waals surface area (Å²) >= 11 is 0. The molecule has 1 aliphatic heterocycles. The Hall–Kier alpha value is -0.120. The fourth-order valence-electron chi connectivity index (χ4n) is 2.19. The minimum Gasteiger partial charge on any atom is -0.314 e. The van der Waals surface area contributed by atoms with E-state index in [0.29, 0.717) is 12.1 Å². The third kappa shape index (κ3) is 5.28. The van der Waals surface area contributed by atoms with Crippen molar-refractivity contribution >= 4 is 0 Å². The molecule has 1 heterocycles. The number of hydrogen-bond donors (Lipinski definition) is 2. The van der Waals surface area contributed by atoms with E-state index in [1.54, 1.807) is 0 Å². The summed E-state index contributed by atoms with van der Waals surface area (Å²) in [7, 11) is 4.28. The fourth-order valence-corrected chi connectivity index (χ4v) is 2.19. The normalized spacial score (nSPS) is 25.7. The summed E-state index contributed by atoms with van der Waals surface area (Å²) in [5.41, 5.74) is 0. The van der Waals surface area contributed by atoms with Crippen LogP contribution in [0, 0.1) is 0 Å². The van der Waals surface area contributed by atoms with Gasteiger partial charge in [-0.05, 0) is 53.8 Å². The molecule has 0 saturated carbocycles. The van der Waals surface area contributed by atoms with Crippen LogP contribution < -0.4 is 10.6 Å². The van der Waals surface area contributed by atoms with Gasteiger partial charge < -0.3 is 15.5 Å². The monoisotopic (exact) mass is 227 g/mol. The molecule has 96 valence electrons. The van der Waals surface area contributed by atoms with Crippen molar-refractivity contribution in [1.29, 1.82) is 0 Å². The fraction of sp³-hybridized carbons (Fsp3) is 1.00. The van der Waals surface area contributed by atoms with Crippen LogP contribution in [0.25, 0.3) is 0 Å². The zero-order chi connectivity index (χ0) is 12.0. The van der Waals surface area contributed by atoms with E-state index in [-0.39, 0.29) is 0 Å². The van der Waals surface area contributed by atoms with E-state index in [2.05, 4.69) is 43.5 Å². The number of likely N-dealkylation sites (N-methyl/N-ethyl adjacent to an activating group) is 1. The van der Waals surface area contributed by atoms with Gasteiger partial charge >= 0.3 is 0 Å². The summed E-state index contributed by atoms with van der Waals surface area (Å²) in [6, 6.07) is 1.98. The highest BCUT2D eigenvalue weighted by Gasteiger charge is 2.16. The standard InChI is InChI=1S/C13H29N3/c1-11(15-10-12(2)16(3)4)9-13-7-5-6-8-14-13/h11-15H,5-10H2,1-4H3. The summed E-state index contributed by atoms with van der Waals surface area (Å²) < 4.78 is 0. The summed E-state index contributed by atoms with van der Waals surface area (Å²) in [6.45, 7) is 6.86. The van der Waals surface area contributed by atoms with Crippen molar-refractivity contribution in [3.8, 4) is 0 Å². The van der Waals surface area contributed by atoms with E-state index < -0.39 is 0 Å². The van der Waals surface area contributed by atoms with Crippen LogP contribution in [-0.2, 0) is 0 Å². The van der Waals surface area contributed by atoms with Gasteiger partial charge in [-0.15, -0.1) is 0 Å². The molecule has 1 aliphatic rings. The second-order valence-electron chi connectivity index (χ2n) is 5.50. The summed E-state index contributed by atoms with van der Waals surface area (Å²) in [5.74, 6) is 0. The highest BCUT2D eigenvalue weighted by molar-refractivity contribution is 4.77. The van der Waals surface area contributed by atoms with Crippen LogP contribution in [0.15, 0.2) is 0 Å². The molecule has 0 aromatic heterocycles. The molecule has 1 fully saturated rings. The predicted molar refractivity (Wildman–Crippen MR) is 70.9 cm³/mol. The average Bonchev–Trinajstić information content (AvgIpc) is 2.27. The van der Waals surface area contributed by atoms with Gasteiger partial charge in [0.25, 0.3) is 0 Å². The first-order valence-corrected chi connectivity index (χ1v) is 6.72. The van der Waals surface area contributed by atoms with Crippen molar-refractivity contribution in [2.45, 2.75) is 57.7 Å². The highest BCUT2D eigenvalue weighted by Crippen LogP contribution is 2.11. The molecule has 0 radical (unpaired) electrons. The van der Waals surface area contributed by atoms with Gasteiger partial charge in [0.05, 0.1) is 0 Å². The lowest BCUT2D eigenvalue weighted by atomic mass is 9.99. The van der Waals surface area contributed by atoms with Gasteiger partial charge in [0.15, 0.2) is 0 Å². The molecule has 0 bridgehead atoms. The summed E-state index contributed by atoms with van der Waals surface area (Å²) in [6.07, 6.45) is 5.38. The SMILES string of the molecule is CC(CC1CCCCN1)NCC(C)N(C)C. The molecular formula is C13H29N3. The molecular weight excluding hydrogens is 198 g/mol. The number of hydrogen-bond acceptors (Lipinski definition) is 3. The molecule has 16 heavy (non-hydrogen) atoms. The molecule has 0 spiro atoms. The largest absolute Gasteiger partial charge is 0.314 e. The Labute approximate surface area is 101 Å². The molecule has 3 atom stereocenters. The molecule has 3 unspecified atom stereocenters. The van der Waals surface area contributed by atoms with E-state index in [4.69, 9.17) is 0 Å². The van der Waals surface area contributed by atoms with Crippen molar-refractivity contribution < 1.29 is 0 Å². The Morgan fingerprint density at radius 3 is 2.62 bits per heavy atom. The summed E-state index contributed by atoms with van der Waals surface area (Å²) in [4.78, 5) is 2.26. The molecule has 3 nitrogen and oxygen atoms in total. The second-order valence-corrected chi connectivity index (χ2v) is 5.50. The minimum atomic E-state index is 0.613. The van der Waals surface area contributed by atoms with E-state index in [9.17, 15) is 0 Å². The predicted octanol–water partition coefficient (Wildman–Crippen LogP) is 1.45. The Morgan fingerprint density at radius 1 is 1.31 bits per heavy atom. The van der Waals surface area contributed by atoms with Crippen LogP contribution in [0.3, 0.4) is 0 Å². The zero-order valence-electron chi connectivity index (χ0n) is 11.4. The van der Waals surface area contributed by atoms with Crippen molar-refractivity contribution in [3.63, 3.8) is 0 Å². The lowest BCUT2D eigenvalue weighted by molar-refractivity contribution is 0.282. The van der Waals surface area contributed by atoms with E-state index in [0.717, 1.165) is 12.6 Å². The Kier molecular flexibility index (Phi) is 6.32. The van der Waals surface area contributed by atoms with Gasteiger partial charge in [-0.2, -0.15) is 0 Å². The maximum absolute atomic E-state index is 3.63. The van der Waals surface area contributed by atoms with Crippen LogP contribution in [0.2, 0.25) is 0 Å². The summed E-state index contributed by atoms with van der Waals surface area (Å²) in [5, 5.41) is 7.24. The third-order valence-electron chi connectivity index (χ3n) is 3.69. The zero-order valence-corrected chi connectivity index (χ0v) is 11.4. The maximum Gasteiger partial charge on any atom is 0.0186 e. The van der Waals surface area contributed by atoms with E-state index in [1.165, 1.54) is 32.2 Å². The molecule has 0 amide bonds. The Balaban J connectivity index is 2.12. The first-order chi connectivity index (χ1) is 7.59. The molecule has 0 aliphatic carbocycles.